The zero-order chi connectivity index (χ0) is 22.9. The summed E-state index contributed by atoms with van der Waals surface area (Å²) in [6.07, 6.45) is 2.75. The molecular weight excluding hydrogens is 418 g/mol. The van der Waals surface area contributed by atoms with Crippen LogP contribution in [0.5, 0.6) is 5.75 Å². The molecule has 0 unspecified atom stereocenters. The van der Waals surface area contributed by atoms with E-state index >= 15 is 0 Å². The first-order valence-electron chi connectivity index (χ1n) is 11.4. The third kappa shape index (κ3) is 4.09. The minimum atomic E-state index is -0.0747. The standard InChI is InChI=1S/C24H29N7O2/c1-17-25-24-26-19-9-12-30(11-6-10-29-15-13-28(2)14-16-29)23(32)21(19)22(31(24)27-17)18-7-4-5-8-20(18)33-3/h4-5,7-9,12H,6,10-11,13-16H2,1-3H3. The number of hydrogen-bond donors (Lipinski definition) is 0. The average Bonchev–Trinajstić information content (AvgIpc) is 3.20. The molecule has 1 aliphatic rings. The van der Waals surface area contributed by atoms with E-state index in [1.54, 1.807) is 16.2 Å². The molecule has 1 aromatic carbocycles. The second-order valence-corrected chi connectivity index (χ2v) is 8.60. The van der Waals surface area contributed by atoms with Gasteiger partial charge in [-0.2, -0.15) is 9.50 Å². The number of nitrogens with zero attached hydrogens (tertiary/aromatic N) is 7. The molecule has 0 amide bonds. The van der Waals surface area contributed by atoms with E-state index in [1.165, 1.54) is 0 Å². The molecule has 9 heteroatoms. The SMILES string of the molecule is COc1ccccc1-c1c2c(=O)n(CCCN3CCN(C)CC3)ccc2nc2nc(C)nn12. The van der Waals surface area contributed by atoms with Crippen molar-refractivity contribution in [1.29, 1.82) is 0 Å². The number of ether oxygens (including phenoxy) is 1. The summed E-state index contributed by atoms with van der Waals surface area (Å²) in [5, 5.41) is 5.07. The highest BCUT2D eigenvalue weighted by atomic mass is 16.5. The van der Waals surface area contributed by atoms with Gasteiger partial charge >= 0.3 is 0 Å². The summed E-state index contributed by atoms with van der Waals surface area (Å²) in [6.45, 7) is 7.80. The van der Waals surface area contributed by atoms with Crippen LogP contribution in [-0.2, 0) is 6.54 Å². The normalized spacial score (nSPS) is 15.5. The quantitative estimate of drug-likeness (QED) is 0.448. The third-order valence-electron chi connectivity index (χ3n) is 6.34. The van der Waals surface area contributed by atoms with Crippen LogP contribution in [0.2, 0.25) is 0 Å². The Bertz CT molecular complexity index is 1350. The summed E-state index contributed by atoms with van der Waals surface area (Å²) in [5.74, 6) is 1.74. The first-order chi connectivity index (χ1) is 16.0. The molecule has 0 bridgehead atoms. The number of methoxy groups -OCH3 is 1. The fourth-order valence-corrected chi connectivity index (χ4v) is 4.52. The van der Waals surface area contributed by atoms with E-state index in [9.17, 15) is 4.79 Å². The largest absolute Gasteiger partial charge is 0.496 e. The first-order valence-corrected chi connectivity index (χ1v) is 11.4. The topological polar surface area (TPSA) is 80.8 Å². The monoisotopic (exact) mass is 447 g/mol. The number of fused-ring (bicyclic) bond motifs is 2. The van der Waals surface area contributed by atoms with Gasteiger partial charge in [-0.3, -0.25) is 4.79 Å². The third-order valence-corrected chi connectivity index (χ3v) is 6.34. The number of para-hydroxylation sites is 1. The molecule has 5 rings (SSSR count). The molecular formula is C24H29N7O2. The van der Waals surface area contributed by atoms with Crippen molar-refractivity contribution in [3.05, 3.63) is 52.7 Å². The Labute approximate surface area is 192 Å². The molecule has 0 aliphatic carbocycles. The van der Waals surface area contributed by atoms with Crippen molar-refractivity contribution < 1.29 is 4.74 Å². The smallest absolute Gasteiger partial charge is 0.262 e. The van der Waals surface area contributed by atoms with Gasteiger partial charge in [-0.05, 0) is 45.1 Å². The summed E-state index contributed by atoms with van der Waals surface area (Å²) in [7, 11) is 3.79. The summed E-state index contributed by atoms with van der Waals surface area (Å²) in [5.41, 5.74) is 1.98. The lowest BCUT2D eigenvalue weighted by Gasteiger charge is -2.32. The van der Waals surface area contributed by atoms with E-state index in [2.05, 4.69) is 31.9 Å². The van der Waals surface area contributed by atoms with Gasteiger partial charge in [0.1, 0.15) is 11.6 Å². The summed E-state index contributed by atoms with van der Waals surface area (Å²) >= 11 is 0. The fraction of sp³-hybridized carbons (Fsp3) is 0.417. The second kappa shape index (κ2) is 8.92. The van der Waals surface area contributed by atoms with Gasteiger partial charge in [-0.1, -0.05) is 12.1 Å². The first kappa shape index (κ1) is 21.5. The Morgan fingerprint density at radius 2 is 1.82 bits per heavy atom. The van der Waals surface area contributed by atoms with Crippen LogP contribution in [0.15, 0.2) is 41.3 Å². The van der Waals surface area contributed by atoms with Crippen LogP contribution in [0.1, 0.15) is 12.2 Å². The minimum Gasteiger partial charge on any atom is -0.496 e. The van der Waals surface area contributed by atoms with Crippen molar-refractivity contribution in [2.75, 3.05) is 46.9 Å². The molecule has 4 heterocycles. The number of benzene rings is 1. The highest BCUT2D eigenvalue weighted by Crippen LogP contribution is 2.33. The minimum absolute atomic E-state index is 0.0747. The van der Waals surface area contributed by atoms with Crippen molar-refractivity contribution >= 4 is 16.7 Å². The van der Waals surface area contributed by atoms with Crippen LogP contribution in [0.4, 0.5) is 0 Å². The Morgan fingerprint density at radius 3 is 2.61 bits per heavy atom. The lowest BCUT2D eigenvalue weighted by atomic mass is 10.1. The lowest BCUT2D eigenvalue weighted by Crippen LogP contribution is -2.44. The van der Waals surface area contributed by atoms with Crippen molar-refractivity contribution in [1.82, 2.24) is 33.9 Å². The molecule has 0 N–H and O–H groups in total. The van der Waals surface area contributed by atoms with Crippen molar-refractivity contribution in [3.8, 4) is 17.0 Å². The Kier molecular flexibility index (Phi) is 5.82. The predicted octanol–water partition coefficient (Wildman–Crippen LogP) is 2.06. The average molecular weight is 448 g/mol. The van der Waals surface area contributed by atoms with Gasteiger partial charge in [0.2, 0.25) is 0 Å². The van der Waals surface area contributed by atoms with E-state index in [1.807, 2.05) is 43.5 Å². The molecule has 1 fully saturated rings. The number of likely N-dealkylation sites (N-methyl/N-ethyl adjacent to an activating group) is 1. The molecule has 1 aliphatic heterocycles. The second-order valence-electron chi connectivity index (χ2n) is 8.60. The molecule has 0 spiro atoms. The van der Waals surface area contributed by atoms with Gasteiger partial charge in [0.05, 0.1) is 23.7 Å². The number of aromatic nitrogens is 5. The molecule has 9 nitrogen and oxygen atoms in total. The number of pyridine rings is 1. The van der Waals surface area contributed by atoms with E-state index in [0.717, 1.165) is 44.7 Å². The molecule has 0 atom stereocenters. The molecule has 1 saturated heterocycles. The van der Waals surface area contributed by atoms with Gasteiger partial charge in [0.15, 0.2) is 0 Å². The van der Waals surface area contributed by atoms with Crippen molar-refractivity contribution in [2.24, 2.45) is 0 Å². The Balaban J connectivity index is 1.57. The van der Waals surface area contributed by atoms with Crippen LogP contribution in [-0.4, -0.2) is 80.8 Å². The Hall–Kier alpha value is -3.30. The van der Waals surface area contributed by atoms with Crippen molar-refractivity contribution in [3.63, 3.8) is 0 Å². The number of aryl methyl sites for hydroxylation is 2. The molecule has 3 aromatic heterocycles. The van der Waals surface area contributed by atoms with Gasteiger partial charge in [-0.15, -0.1) is 5.10 Å². The number of rotatable bonds is 6. The van der Waals surface area contributed by atoms with Crippen LogP contribution < -0.4 is 10.3 Å². The highest BCUT2D eigenvalue weighted by Gasteiger charge is 2.20. The molecule has 33 heavy (non-hydrogen) atoms. The Morgan fingerprint density at radius 1 is 1.03 bits per heavy atom. The van der Waals surface area contributed by atoms with Crippen LogP contribution in [0.25, 0.3) is 27.9 Å². The number of hydrogen-bond acceptors (Lipinski definition) is 7. The van der Waals surface area contributed by atoms with E-state index < -0.39 is 0 Å². The van der Waals surface area contributed by atoms with Crippen LogP contribution >= 0.6 is 0 Å². The molecule has 172 valence electrons. The maximum absolute atomic E-state index is 13.7. The molecule has 4 aromatic rings. The zero-order valence-corrected chi connectivity index (χ0v) is 19.4. The lowest BCUT2D eigenvalue weighted by molar-refractivity contribution is 0.151. The zero-order valence-electron chi connectivity index (χ0n) is 19.4. The van der Waals surface area contributed by atoms with Gasteiger partial charge < -0.3 is 19.1 Å². The van der Waals surface area contributed by atoms with Gasteiger partial charge in [-0.25, -0.2) is 4.98 Å². The van der Waals surface area contributed by atoms with E-state index in [-0.39, 0.29) is 5.56 Å². The summed E-state index contributed by atoms with van der Waals surface area (Å²) < 4.78 is 9.06. The van der Waals surface area contributed by atoms with Crippen molar-refractivity contribution in [2.45, 2.75) is 19.9 Å². The summed E-state index contributed by atoms with van der Waals surface area (Å²) in [6, 6.07) is 9.56. The highest BCUT2D eigenvalue weighted by molar-refractivity contribution is 5.94. The van der Waals surface area contributed by atoms with Gasteiger partial charge in [0, 0.05) is 44.5 Å². The molecule has 0 radical (unpaired) electrons. The maximum Gasteiger partial charge on any atom is 0.262 e. The predicted molar refractivity (Wildman–Crippen MR) is 128 cm³/mol. The van der Waals surface area contributed by atoms with Crippen LogP contribution in [0, 0.1) is 6.92 Å². The number of piperazine rings is 1. The van der Waals surface area contributed by atoms with E-state index in [4.69, 9.17) is 4.74 Å². The van der Waals surface area contributed by atoms with E-state index in [0.29, 0.717) is 40.5 Å². The fourth-order valence-electron chi connectivity index (χ4n) is 4.52. The van der Waals surface area contributed by atoms with Crippen LogP contribution in [0.3, 0.4) is 0 Å². The van der Waals surface area contributed by atoms with Gasteiger partial charge in [0.25, 0.3) is 11.3 Å². The maximum atomic E-state index is 13.7. The molecule has 0 saturated carbocycles. The summed E-state index contributed by atoms with van der Waals surface area (Å²) in [4.78, 5) is 27.6.